The van der Waals surface area contributed by atoms with Crippen molar-refractivity contribution in [3.8, 4) is 11.5 Å². The number of fused-ring (bicyclic) bond motifs is 1. The molecule has 1 aliphatic rings. The van der Waals surface area contributed by atoms with E-state index in [9.17, 15) is 13.2 Å². The fraction of sp³-hybridized carbons (Fsp3) is 0.296. The summed E-state index contributed by atoms with van der Waals surface area (Å²) in [4.78, 5) is 14.0. The van der Waals surface area contributed by atoms with Gasteiger partial charge in [0.15, 0.2) is 0 Å². The summed E-state index contributed by atoms with van der Waals surface area (Å²) < 4.78 is 34.9. The van der Waals surface area contributed by atoms with Crippen molar-refractivity contribution in [3.05, 3.63) is 80.2 Å². The van der Waals surface area contributed by atoms with Gasteiger partial charge in [-0.3, -0.25) is 4.79 Å². The van der Waals surface area contributed by atoms with Crippen LogP contribution >= 0.6 is 39.1 Å². The molecule has 0 saturated heterocycles. The standard InChI is InChI=1S/C27H27BrCl2N2O4S/c1-17(33)32-12-11-27(2,3)22-15-21(8-10-26(22)32)37(34,35)31(4)16-18-5-6-19(13-23(18)28)36-20-7-9-24(29)25(30)14-20/h5-10,13-15H,11-12,16H2,1-4H3. The number of rotatable bonds is 6. The van der Waals surface area contributed by atoms with Gasteiger partial charge in [-0.1, -0.05) is 59.0 Å². The Balaban J connectivity index is 1.56. The van der Waals surface area contributed by atoms with Gasteiger partial charge in [-0.2, -0.15) is 4.31 Å². The van der Waals surface area contributed by atoms with Crippen LogP contribution in [-0.4, -0.2) is 32.2 Å². The van der Waals surface area contributed by atoms with Crippen LogP contribution in [0.2, 0.25) is 10.0 Å². The summed E-state index contributed by atoms with van der Waals surface area (Å²) in [5.41, 5.74) is 2.14. The maximum Gasteiger partial charge on any atom is 0.243 e. The van der Waals surface area contributed by atoms with Crippen LogP contribution in [0.4, 0.5) is 5.69 Å². The molecule has 0 saturated carbocycles. The van der Waals surface area contributed by atoms with Crippen LogP contribution in [0.5, 0.6) is 11.5 Å². The Labute approximate surface area is 236 Å². The van der Waals surface area contributed by atoms with E-state index in [0.717, 1.165) is 23.2 Å². The minimum absolute atomic E-state index is 0.0547. The van der Waals surface area contributed by atoms with E-state index >= 15 is 0 Å². The van der Waals surface area contributed by atoms with Gasteiger partial charge in [0.05, 0.1) is 14.9 Å². The molecule has 0 atom stereocenters. The van der Waals surface area contributed by atoms with E-state index in [1.165, 1.54) is 11.2 Å². The number of hydrogen-bond acceptors (Lipinski definition) is 4. The highest BCUT2D eigenvalue weighted by Gasteiger charge is 2.34. The molecule has 1 heterocycles. The van der Waals surface area contributed by atoms with E-state index in [1.54, 1.807) is 60.5 Å². The van der Waals surface area contributed by atoms with Crippen molar-refractivity contribution in [2.45, 2.75) is 44.0 Å². The molecule has 3 aromatic carbocycles. The Morgan fingerprint density at radius 1 is 1.05 bits per heavy atom. The molecule has 4 rings (SSSR count). The lowest BCUT2D eigenvalue weighted by Gasteiger charge is -2.39. The van der Waals surface area contributed by atoms with E-state index in [1.807, 2.05) is 6.07 Å². The second kappa shape index (κ2) is 10.6. The van der Waals surface area contributed by atoms with Crippen molar-refractivity contribution in [3.63, 3.8) is 0 Å². The van der Waals surface area contributed by atoms with Crippen molar-refractivity contribution < 1.29 is 17.9 Å². The summed E-state index contributed by atoms with van der Waals surface area (Å²) in [7, 11) is -2.24. The Hall–Kier alpha value is -2.10. The lowest BCUT2D eigenvalue weighted by molar-refractivity contribution is -0.116. The molecule has 0 aliphatic carbocycles. The molecule has 196 valence electrons. The number of nitrogens with zero attached hydrogens (tertiary/aromatic N) is 2. The summed E-state index contributed by atoms with van der Waals surface area (Å²) in [5.74, 6) is 1.04. The van der Waals surface area contributed by atoms with Gasteiger partial charge in [0, 0.05) is 43.3 Å². The first-order valence-electron chi connectivity index (χ1n) is 11.6. The zero-order valence-corrected chi connectivity index (χ0v) is 24.8. The molecule has 0 N–H and O–H groups in total. The Bertz CT molecular complexity index is 1480. The smallest absolute Gasteiger partial charge is 0.243 e. The number of halogens is 3. The summed E-state index contributed by atoms with van der Waals surface area (Å²) in [6.07, 6.45) is 0.752. The van der Waals surface area contributed by atoms with E-state index < -0.39 is 10.0 Å². The van der Waals surface area contributed by atoms with Crippen molar-refractivity contribution in [1.82, 2.24) is 4.31 Å². The van der Waals surface area contributed by atoms with Gasteiger partial charge in [0.2, 0.25) is 15.9 Å². The Kier molecular flexibility index (Phi) is 7.98. The lowest BCUT2D eigenvalue weighted by Crippen LogP contribution is -2.40. The number of carbonyl (C=O) groups is 1. The predicted octanol–water partition coefficient (Wildman–Crippen LogP) is 7.40. The number of benzene rings is 3. The van der Waals surface area contributed by atoms with Crippen molar-refractivity contribution in [2.75, 3.05) is 18.5 Å². The molecule has 10 heteroatoms. The average molecular weight is 626 g/mol. The van der Waals surface area contributed by atoms with Gasteiger partial charge in [0.1, 0.15) is 11.5 Å². The lowest BCUT2D eigenvalue weighted by atomic mass is 9.77. The predicted molar refractivity (Wildman–Crippen MR) is 151 cm³/mol. The number of sulfonamides is 1. The first kappa shape index (κ1) is 27.9. The average Bonchev–Trinajstić information content (AvgIpc) is 2.82. The molecular formula is C27H27BrCl2N2O4S. The molecule has 1 aliphatic heterocycles. The molecule has 1 amide bonds. The molecule has 0 radical (unpaired) electrons. The molecule has 6 nitrogen and oxygen atoms in total. The maximum absolute atomic E-state index is 13.5. The molecule has 3 aromatic rings. The number of amides is 1. The highest BCUT2D eigenvalue weighted by molar-refractivity contribution is 9.10. The largest absolute Gasteiger partial charge is 0.457 e. The van der Waals surface area contributed by atoms with Crippen LogP contribution in [0, 0.1) is 0 Å². The maximum atomic E-state index is 13.5. The zero-order chi connectivity index (χ0) is 27.1. The van der Waals surface area contributed by atoms with Gasteiger partial charge in [0.25, 0.3) is 0 Å². The third-order valence-corrected chi connectivity index (χ3v) is 9.86. The topological polar surface area (TPSA) is 66.9 Å². The monoisotopic (exact) mass is 624 g/mol. The van der Waals surface area contributed by atoms with Crippen LogP contribution in [0.1, 0.15) is 38.3 Å². The van der Waals surface area contributed by atoms with Crippen LogP contribution in [-0.2, 0) is 26.8 Å². The van der Waals surface area contributed by atoms with E-state index in [4.69, 9.17) is 27.9 Å². The molecular weight excluding hydrogens is 599 g/mol. The molecule has 0 bridgehead atoms. The first-order valence-corrected chi connectivity index (χ1v) is 14.6. The van der Waals surface area contributed by atoms with Crippen LogP contribution < -0.4 is 9.64 Å². The van der Waals surface area contributed by atoms with Gasteiger partial charge in [-0.15, -0.1) is 0 Å². The van der Waals surface area contributed by atoms with Crippen LogP contribution in [0.15, 0.2) is 64.0 Å². The third-order valence-electron chi connectivity index (χ3n) is 6.58. The molecule has 0 fully saturated rings. The fourth-order valence-electron chi connectivity index (χ4n) is 4.33. The normalized spacial score (nSPS) is 15.0. The molecule has 0 spiro atoms. The van der Waals surface area contributed by atoms with Crippen molar-refractivity contribution in [1.29, 1.82) is 0 Å². The SMILES string of the molecule is CC(=O)N1CCC(C)(C)c2cc(S(=O)(=O)N(C)Cc3ccc(Oc4ccc(Cl)c(Cl)c4)cc3Br)ccc21. The first-order chi connectivity index (χ1) is 17.3. The highest BCUT2D eigenvalue weighted by atomic mass is 79.9. The van der Waals surface area contributed by atoms with Gasteiger partial charge in [-0.25, -0.2) is 8.42 Å². The number of ether oxygens (including phenoxy) is 1. The van der Waals surface area contributed by atoms with E-state index in [2.05, 4.69) is 29.8 Å². The summed E-state index contributed by atoms with van der Waals surface area (Å²) in [6.45, 7) is 6.43. The number of hydrogen-bond donors (Lipinski definition) is 0. The van der Waals surface area contributed by atoms with Crippen molar-refractivity contribution in [2.24, 2.45) is 0 Å². The van der Waals surface area contributed by atoms with Gasteiger partial charge < -0.3 is 9.64 Å². The van der Waals surface area contributed by atoms with E-state index in [0.29, 0.717) is 32.6 Å². The summed E-state index contributed by atoms with van der Waals surface area (Å²) in [6, 6.07) is 15.4. The Morgan fingerprint density at radius 3 is 2.38 bits per heavy atom. The Morgan fingerprint density at radius 2 is 1.73 bits per heavy atom. The van der Waals surface area contributed by atoms with Gasteiger partial charge >= 0.3 is 0 Å². The fourth-order valence-corrected chi connectivity index (χ4v) is 6.27. The molecule has 0 unspecified atom stereocenters. The second-order valence-electron chi connectivity index (χ2n) is 9.68. The van der Waals surface area contributed by atoms with Gasteiger partial charge in [-0.05, 0) is 65.4 Å². The van der Waals surface area contributed by atoms with Crippen LogP contribution in [0.3, 0.4) is 0 Å². The molecule has 37 heavy (non-hydrogen) atoms. The van der Waals surface area contributed by atoms with E-state index in [-0.39, 0.29) is 22.8 Å². The highest BCUT2D eigenvalue weighted by Crippen LogP contribution is 2.41. The minimum Gasteiger partial charge on any atom is -0.457 e. The molecule has 0 aromatic heterocycles. The quantitative estimate of drug-likeness (QED) is 0.286. The summed E-state index contributed by atoms with van der Waals surface area (Å²) in [5, 5.41) is 0.828. The second-order valence-corrected chi connectivity index (χ2v) is 13.4. The summed E-state index contributed by atoms with van der Waals surface area (Å²) >= 11 is 15.6. The van der Waals surface area contributed by atoms with Crippen molar-refractivity contribution >= 4 is 60.7 Å². The third kappa shape index (κ3) is 5.83. The van der Waals surface area contributed by atoms with Crippen LogP contribution in [0.25, 0.3) is 0 Å². The number of carbonyl (C=O) groups excluding carboxylic acids is 1. The number of anilines is 1. The minimum atomic E-state index is -3.79. The zero-order valence-electron chi connectivity index (χ0n) is 20.9.